The van der Waals surface area contributed by atoms with Crippen LogP contribution in [0.2, 0.25) is 0 Å². The highest BCUT2D eigenvalue weighted by molar-refractivity contribution is 8.00. The van der Waals surface area contributed by atoms with Crippen molar-refractivity contribution in [1.82, 2.24) is 14.9 Å². The minimum absolute atomic E-state index is 0.144. The van der Waals surface area contributed by atoms with Crippen LogP contribution in [-0.2, 0) is 4.79 Å². The van der Waals surface area contributed by atoms with Crippen LogP contribution in [0.3, 0.4) is 0 Å². The third-order valence-corrected chi connectivity index (χ3v) is 5.06. The van der Waals surface area contributed by atoms with Gasteiger partial charge in [0.25, 0.3) is 0 Å². The highest BCUT2D eigenvalue weighted by atomic mass is 32.2. The Balaban J connectivity index is 1.58. The molecule has 3 rings (SSSR count). The molecule has 0 aliphatic carbocycles. The van der Waals surface area contributed by atoms with Crippen molar-refractivity contribution >= 4 is 23.5 Å². The lowest BCUT2D eigenvalue weighted by atomic mass is 10.2. The first-order chi connectivity index (χ1) is 12.3. The number of thioether (sulfide) groups is 1. The van der Waals surface area contributed by atoms with E-state index < -0.39 is 0 Å². The van der Waals surface area contributed by atoms with Crippen molar-refractivity contribution in [2.24, 2.45) is 0 Å². The number of aromatic nitrogens is 2. The van der Waals surface area contributed by atoms with Crippen molar-refractivity contribution in [1.29, 1.82) is 5.26 Å². The first-order valence-electron chi connectivity index (χ1n) is 8.18. The molecule has 1 aliphatic rings. The van der Waals surface area contributed by atoms with Crippen LogP contribution in [0.15, 0.2) is 47.8 Å². The maximum atomic E-state index is 12.5. The van der Waals surface area contributed by atoms with Gasteiger partial charge in [0, 0.05) is 49.7 Å². The summed E-state index contributed by atoms with van der Waals surface area (Å²) in [4.78, 5) is 25.9. The third kappa shape index (κ3) is 4.48. The van der Waals surface area contributed by atoms with Crippen LogP contribution in [0.4, 0.5) is 5.82 Å². The van der Waals surface area contributed by atoms with Gasteiger partial charge in [-0.2, -0.15) is 5.26 Å². The van der Waals surface area contributed by atoms with Crippen molar-refractivity contribution in [3.8, 4) is 6.07 Å². The topological polar surface area (TPSA) is 73.1 Å². The monoisotopic (exact) mass is 353 g/mol. The van der Waals surface area contributed by atoms with E-state index in [0.717, 1.165) is 24.4 Å². The van der Waals surface area contributed by atoms with Crippen molar-refractivity contribution in [2.45, 2.75) is 11.3 Å². The van der Waals surface area contributed by atoms with Gasteiger partial charge in [-0.05, 0) is 30.7 Å². The van der Waals surface area contributed by atoms with Gasteiger partial charge in [-0.25, -0.2) is 4.98 Å². The molecule has 6 nitrogen and oxygen atoms in total. The van der Waals surface area contributed by atoms with E-state index in [2.05, 4.69) is 20.9 Å². The van der Waals surface area contributed by atoms with E-state index in [1.54, 1.807) is 30.7 Å². The Kier molecular flexibility index (Phi) is 5.86. The zero-order valence-electron chi connectivity index (χ0n) is 13.8. The highest BCUT2D eigenvalue weighted by Gasteiger charge is 2.21. The van der Waals surface area contributed by atoms with Gasteiger partial charge in [-0.15, -0.1) is 11.8 Å². The predicted octanol–water partition coefficient (Wildman–Crippen LogP) is 2.18. The molecule has 1 amide bonds. The Labute approximate surface area is 151 Å². The van der Waals surface area contributed by atoms with Crippen LogP contribution in [0, 0.1) is 11.3 Å². The van der Waals surface area contributed by atoms with Gasteiger partial charge in [-0.1, -0.05) is 0 Å². The summed E-state index contributed by atoms with van der Waals surface area (Å²) >= 11 is 1.53. The van der Waals surface area contributed by atoms with Gasteiger partial charge in [0.1, 0.15) is 11.9 Å². The number of nitriles is 1. The van der Waals surface area contributed by atoms with Gasteiger partial charge in [-0.3, -0.25) is 9.78 Å². The standard InChI is InChI=1S/C18H19N5OS/c19-13-15-3-1-6-21-18(15)23-10-2-9-22(11-12-23)17(24)14-25-16-4-7-20-8-5-16/h1,3-8H,2,9-12,14H2. The van der Waals surface area contributed by atoms with Crippen molar-refractivity contribution in [3.05, 3.63) is 48.4 Å². The Bertz CT molecular complexity index is 762. The fourth-order valence-corrected chi connectivity index (χ4v) is 3.57. The van der Waals surface area contributed by atoms with E-state index in [4.69, 9.17) is 0 Å². The van der Waals surface area contributed by atoms with E-state index in [9.17, 15) is 10.1 Å². The summed E-state index contributed by atoms with van der Waals surface area (Å²) in [5.74, 6) is 1.28. The largest absolute Gasteiger partial charge is 0.354 e. The molecule has 0 radical (unpaired) electrons. The molecule has 0 unspecified atom stereocenters. The number of anilines is 1. The lowest BCUT2D eigenvalue weighted by Gasteiger charge is -2.23. The predicted molar refractivity (Wildman–Crippen MR) is 97.3 cm³/mol. The molecule has 0 atom stereocenters. The van der Waals surface area contributed by atoms with Gasteiger partial charge >= 0.3 is 0 Å². The van der Waals surface area contributed by atoms with Crippen LogP contribution >= 0.6 is 11.8 Å². The molecule has 0 spiro atoms. The van der Waals surface area contributed by atoms with Crippen LogP contribution in [0.1, 0.15) is 12.0 Å². The first kappa shape index (κ1) is 17.2. The molecule has 25 heavy (non-hydrogen) atoms. The lowest BCUT2D eigenvalue weighted by Crippen LogP contribution is -2.36. The maximum absolute atomic E-state index is 12.5. The summed E-state index contributed by atoms with van der Waals surface area (Å²) in [7, 11) is 0. The Morgan fingerprint density at radius 2 is 2.00 bits per heavy atom. The summed E-state index contributed by atoms with van der Waals surface area (Å²) < 4.78 is 0. The van der Waals surface area contributed by atoms with Gasteiger partial charge in [0.15, 0.2) is 0 Å². The summed E-state index contributed by atoms with van der Waals surface area (Å²) in [6, 6.07) is 9.56. The number of amides is 1. The lowest BCUT2D eigenvalue weighted by molar-refractivity contribution is -0.128. The molecule has 128 valence electrons. The number of pyridine rings is 2. The zero-order valence-corrected chi connectivity index (χ0v) is 14.7. The molecule has 0 bridgehead atoms. The quantitative estimate of drug-likeness (QED) is 0.785. The smallest absolute Gasteiger partial charge is 0.232 e. The second-order valence-corrected chi connectivity index (χ2v) is 6.73. The summed E-state index contributed by atoms with van der Waals surface area (Å²) in [6.45, 7) is 2.88. The van der Waals surface area contributed by atoms with Crippen LogP contribution in [0.25, 0.3) is 0 Å². The average Bonchev–Trinajstić information content (AvgIpc) is 2.93. The Morgan fingerprint density at radius 3 is 2.80 bits per heavy atom. The molecule has 3 heterocycles. The normalized spacial score (nSPS) is 14.7. The maximum Gasteiger partial charge on any atom is 0.232 e. The molecule has 2 aromatic rings. The molecule has 0 saturated carbocycles. The number of carbonyl (C=O) groups is 1. The van der Waals surface area contributed by atoms with E-state index in [1.807, 2.05) is 17.0 Å². The van der Waals surface area contributed by atoms with Crippen molar-refractivity contribution < 1.29 is 4.79 Å². The molecule has 1 saturated heterocycles. The average molecular weight is 353 g/mol. The third-order valence-electron chi connectivity index (χ3n) is 4.07. The van der Waals surface area contributed by atoms with E-state index in [1.165, 1.54) is 11.8 Å². The minimum atomic E-state index is 0.144. The van der Waals surface area contributed by atoms with E-state index in [0.29, 0.717) is 30.2 Å². The van der Waals surface area contributed by atoms with Crippen LogP contribution in [-0.4, -0.2) is 52.7 Å². The molecular weight excluding hydrogens is 334 g/mol. The fourth-order valence-electron chi connectivity index (χ4n) is 2.79. The highest BCUT2D eigenvalue weighted by Crippen LogP contribution is 2.20. The van der Waals surface area contributed by atoms with E-state index >= 15 is 0 Å². The fraction of sp³-hybridized carbons (Fsp3) is 0.333. The van der Waals surface area contributed by atoms with Crippen molar-refractivity contribution in [2.75, 3.05) is 36.8 Å². The molecule has 1 fully saturated rings. The second kappa shape index (κ2) is 8.49. The molecule has 0 aromatic carbocycles. The second-order valence-electron chi connectivity index (χ2n) is 5.68. The molecule has 7 heteroatoms. The molecule has 2 aromatic heterocycles. The summed E-state index contributed by atoms with van der Waals surface area (Å²) in [6.07, 6.45) is 6.04. The zero-order chi connectivity index (χ0) is 17.5. The Morgan fingerprint density at radius 1 is 1.16 bits per heavy atom. The molecule has 1 aliphatic heterocycles. The SMILES string of the molecule is N#Cc1cccnc1N1CCCN(C(=O)CSc2ccncc2)CC1. The summed E-state index contributed by atoms with van der Waals surface area (Å²) in [5, 5.41) is 9.25. The molecular formula is C18H19N5OS. The minimum Gasteiger partial charge on any atom is -0.354 e. The number of hydrogen-bond donors (Lipinski definition) is 0. The summed E-state index contributed by atoms with van der Waals surface area (Å²) in [5.41, 5.74) is 0.579. The number of rotatable bonds is 4. The van der Waals surface area contributed by atoms with Gasteiger partial charge in [0.05, 0.1) is 11.3 Å². The van der Waals surface area contributed by atoms with Crippen molar-refractivity contribution in [3.63, 3.8) is 0 Å². The van der Waals surface area contributed by atoms with E-state index in [-0.39, 0.29) is 5.91 Å². The number of hydrogen-bond acceptors (Lipinski definition) is 6. The number of nitrogens with zero attached hydrogens (tertiary/aromatic N) is 5. The Hall–Kier alpha value is -2.59. The molecule has 0 N–H and O–H groups in total. The van der Waals surface area contributed by atoms with Crippen LogP contribution < -0.4 is 4.90 Å². The van der Waals surface area contributed by atoms with Crippen LogP contribution in [0.5, 0.6) is 0 Å². The van der Waals surface area contributed by atoms with Gasteiger partial charge < -0.3 is 9.80 Å². The van der Waals surface area contributed by atoms with Gasteiger partial charge in [0.2, 0.25) is 5.91 Å². The number of carbonyl (C=O) groups excluding carboxylic acids is 1. The first-order valence-corrected chi connectivity index (χ1v) is 9.17.